The number of likely N-dealkylation sites (tertiary alicyclic amines) is 1. The van der Waals surface area contributed by atoms with E-state index in [0.29, 0.717) is 18.5 Å². The Kier molecular flexibility index (Phi) is 5.16. The molecule has 2 N–H and O–H groups in total. The molecule has 1 atom stereocenters. The largest absolute Gasteiger partial charge is 0.395 e. The van der Waals surface area contributed by atoms with E-state index in [0.717, 1.165) is 18.4 Å². The molecule has 1 aliphatic heterocycles. The molecule has 2 rings (SSSR count). The lowest BCUT2D eigenvalue weighted by Gasteiger charge is -2.23. The van der Waals surface area contributed by atoms with E-state index < -0.39 is 0 Å². The highest BCUT2D eigenvalue weighted by Gasteiger charge is 2.28. The molecule has 1 fully saturated rings. The Morgan fingerprint density at radius 2 is 2.05 bits per heavy atom. The Labute approximate surface area is 119 Å². The van der Waals surface area contributed by atoms with Crippen molar-refractivity contribution in [3.05, 3.63) is 35.4 Å². The highest BCUT2D eigenvalue weighted by atomic mass is 16.3. The minimum atomic E-state index is -0.0495. The van der Waals surface area contributed by atoms with Crippen LogP contribution in [0.5, 0.6) is 0 Å². The second-order valence-electron chi connectivity index (χ2n) is 4.83. The number of rotatable bonds is 3. The predicted molar refractivity (Wildman–Crippen MR) is 76.2 cm³/mol. The Hall–Kier alpha value is -1.83. The second kappa shape index (κ2) is 7.09. The van der Waals surface area contributed by atoms with Gasteiger partial charge in [0.15, 0.2) is 0 Å². The van der Waals surface area contributed by atoms with E-state index in [4.69, 9.17) is 5.11 Å². The average molecular weight is 273 g/mol. The maximum atomic E-state index is 12.3. The molecule has 4 nitrogen and oxygen atoms in total. The third kappa shape index (κ3) is 3.38. The van der Waals surface area contributed by atoms with Gasteiger partial charge in [-0.2, -0.15) is 0 Å². The lowest BCUT2D eigenvalue weighted by molar-refractivity contribution is 0.0677. The van der Waals surface area contributed by atoms with Crippen LogP contribution in [0.4, 0.5) is 0 Å². The summed E-state index contributed by atoms with van der Waals surface area (Å²) < 4.78 is 0. The number of amides is 1. The third-order valence-corrected chi connectivity index (χ3v) is 3.45. The fourth-order valence-corrected chi connectivity index (χ4v) is 2.38. The topological polar surface area (TPSA) is 60.8 Å². The van der Waals surface area contributed by atoms with E-state index in [1.54, 1.807) is 17.0 Å². The van der Waals surface area contributed by atoms with Crippen molar-refractivity contribution in [2.24, 2.45) is 0 Å². The van der Waals surface area contributed by atoms with Crippen molar-refractivity contribution < 1.29 is 15.0 Å². The number of benzene rings is 1. The van der Waals surface area contributed by atoms with E-state index in [9.17, 15) is 9.90 Å². The predicted octanol–water partition coefficient (Wildman–Crippen LogP) is 1.02. The van der Waals surface area contributed by atoms with E-state index >= 15 is 0 Å². The van der Waals surface area contributed by atoms with Crippen molar-refractivity contribution >= 4 is 5.91 Å². The lowest BCUT2D eigenvalue weighted by atomic mass is 10.1. The standard InChI is InChI=1S/C16H19NO3/c18-11-2-1-4-13-6-8-14(9-7-13)16(20)17-10-3-5-15(17)12-19/h6-9,15,18-19H,2-3,5,10-12H2. The van der Waals surface area contributed by atoms with E-state index in [2.05, 4.69) is 11.8 Å². The molecule has 4 heteroatoms. The number of nitrogens with zero attached hydrogens (tertiary/aromatic N) is 1. The number of carbonyl (C=O) groups excluding carboxylic acids is 1. The summed E-state index contributed by atoms with van der Waals surface area (Å²) in [6, 6.07) is 7.09. The zero-order valence-electron chi connectivity index (χ0n) is 11.4. The average Bonchev–Trinajstić information content (AvgIpc) is 2.96. The fraction of sp³-hybridized carbons (Fsp3) is 0.438. The molecule has 0 spiro atoms. The summed E-state index contributed by atoms with van der Waals surface area (Å²) in [6.07, 6.45) is 2.27. The Balaban J connectivity index is 2.06. The molecule has 1 aromatic rings. The number of hydrogen-bond donors (Lipinski definition) is 2. The number of aliphatic hydroxyl groups is 2. The van der Waals surface area contributed by atoms with Crippen LogP contribution in [0.1, 0.15) is 35.2 Å². The van der Waals surface area contributed by atoms with E-state index in [1.165, 1.54) is 0 Å². The molecular formula is C16H19NO3. The van der Waals surface area contributed by atoms with Gasteiger partial charge in [0.1, 0.15) is 0 Å². The Morgan fingerprint density at radius 1 is 1.30 bits per heavy atom. The van der Waals surface area contributed by atoms with Gasteiger partial charge in [0.2, 0.25) is 0 Å². The molecule has 1 amide bonds. The van der Waals surface area contributed by atoms with Crippen LogP contribution in [0, 0.1) is 11.8 Å². The van der Waals surface area contributed by atoms with Crippen LogP contribution in [-0.2, 0) is 0 Å². The quantitative estimate of drug-likeness (QED) is 0.808. The Morgan fingerprint density at radius 3 is 2.70 bits per heavy atom. The van der Waals surface area contributed by atoms with Crippen molar-refractivity contribution in [1.82, 2.24) is 4.90 Å². The summed E-state index contributed by atoms with van der Waals surface area (Å²) in [6.45, 7) is 0.791. The zero-order valence-corrected chi connectivity index (χ0v) is 11.4. The molecule has 0 saturated carbocycles. The maximum Gasteiger partial charge on any atom is 0.254 e. The van der Waals surface area contributed by atoms with Crippen molar-refractivity contribution in [3.63, 3.8) is 0 Å². The molecule has 20 heavy (non-hydrogen) atoms. The molecule has 1 aromatic carbocycles. The molecule has 1 heterocycles. The minimum absolute atomic E-state index is 0.0243. The van der Waals surface area contributed by atoms with Crippen LogP contribution in [0.3, 0.4) is 0 Å². The van der Waals surface area contributed by atoms with Crippen molar-refractivity contribution in [1.29, 1.82) is 0 Å². The fourth-order valence-electron chi connectivity index (χ4n) is 2.38. The summed E-state index contributed by atoms with van der Waals surface area (Å²) in [5.41, 5.74) is 1.45. The van der Waals surface area contributed by atoms with Crippen LogP contribution in [0.2, 0.25) is 0 Å². The molecule has 0 aromatic heterocycles. The summed E-state index contributed by atoms with van der Waals surface area (Å²) in [5, 5.41) is 17.9. The Bertz CT molecular complexity index is 513. The van der Waals surface area contributed by atoms with Gasteiger partial charge in [0.25, 0.3) is 5.91 Å². The normalized spacial score (nSPS) is 17.7. The zero-order chi connectivity index (χ0) is 14.4. The van der Waals surface area contributed by atoms with Crippen molar-refractivity contribution in [2.75, 3.05) is 19.8 Å². The van der Waals surface area contributed by atoms with Crippen molar-refractivity contribution in [3.8, 4) is 11.8 Å². The molecule has 106 valence electrons. The number of carbonyl (C=O) groups is 1. The van der Waals surface area contributed by atoms with Crippen molar-refractivity contribution in [2.45, 2.75) is 25.3 Å². The minimum Gasteiger partial charge on any atom is -0.395 e. The molecular weight excluding hydrogens is 254 g/mol. The first kappa shape index (κ1) is 14.6. The number of aliphatic hydroxyl groups excluding tert-OH is 2. The van der Waals surface area contributed by atoms with Gasteiger partial charge in [-0.05, 0) is 37.1 Å². The monoisotopic (exact) mass is 273 g/mol. The highest BCUT2D eigenvalue weighted by Crippen LogP contribution is 2.19. The number of hydrogen-bond acceptors (Lipinski definition) is 3. The van der Waals surface area contributed by atoms with E-state index in [-0.39, 0.29) is 25.2 Å². The maximum absolute atomic E-state index is 12.3. The first-order chi connectivity index (χ1) is 9.76. The summed E-state index contributed by atoms with van der Waals surface area (Å²) in [4.78, 5) is 14.1. The summed E-state index contributed by atoms with van der Waals surface area (Å²) >= 11 is 0. The van der Waals surface area contributed by atoms with Gasteiger partial charge in [-0.25, -0.2) is 0 Å². The molecule has 0 bridgehead atoms. The SMILES string of the molecule is O=C(c1ccc(C#CCCO)cc1)N1CCCC1CO. The van der Waals surface area contributed by atoms with Crippen LogP contribution in [-0.4, -0.2) is 46.8 Å². The van der Waals surface area contributed by atoms with Gasteiger partial charge in [0, 0.05) is 24.1 Å². The van der Waals surface area contributed by atoms with Crippen LogP contribution >= 0.6 is 0 Å². The second-order valence-corrected chi connectivity index (χ2v) is 4.83. The molecule has 1 aliphatic rings. The highest BCUT2D eigenvalue weighted by molar-refractivity contribution is 5.94. The van der Waals surface area contributed by atoms with Crippen LogP contribution in [0.15, 0.2) is 24.3 Å². The van der Waals surface area contributed by atoms with Gasteiger partial charge in [-0.15, -0.1) is 0 Å². The van der Waals surface area contributed by atoms with Gasteiger partial charge in [-0.3, -0.25) is 4.79 Å². The van der Waals surface area contributed by atoms with E-state index in [1.807, 2.05) is 12.1 Å². The molecule has 1 saturated heterocycles. The third-order valence-electron chi connectivity index (χ3n) is 3.45. The van der Waals surface area contributed by atoms with Gasteiger partial charge in [-0.1, -0.05) is 11.8 Å². The van der Waals surface area contributed by atoms with Gasteiger partial charge in [0.05, 0.1) is 19.3 Å². The smallest absolute Gasteiger partial charge is 0.254 e. The van der Waals surface area contributed by atoms with Gasteiger partial charge >= 0.3 is 0 Å². The summed E-state index contributed by atoms with van der Waals surface area (Å²) in [5.74, 6) is 5.74. The van der Waals surface area contributed by atoms with Crippen LogP contribution in [0.25, 0.3) is 0 Å². The first-order valence-corrected chi connectivity index (χ1v) is 6.88. The molecule has 1 unspecified atom stereocenters. The molecule has 0 aliphatic carbocycles. The first-order valence-electron chi connectivity index (χ1n) is 6.88. The lowest BCUT2D eigenvalue weighted by Crippen LogP contribution is -2.37. The van der Waals surface area contributed by atoms with Gasteiger partial charge < -0.3 is 15.1 Å². The summed E-state index contributed by atoms with van der Waals surface area (Å²) in [7, 11) is 0. The van der Waals surface area contributed by atoms with Crippen LogP contribution < -0.4 is 0 Å². The molecule has 0 radical (unpaired) electrons.